The van der Waals surface area contributed by atoms with E-state index in [4.69, 9.17) is 4.42 Å². The third-order valence-electron chi connectivity index (χ3n) is 10.2. The molecule has 0 aliphatic carbocycles. The second-order valence-electron chi connectivity index (χ2n) is 13.3. The van der Waals surface area contributed by atoms with E-state index in [0.29, 0.717) is 0 Å². The first-order valence-corrected chi connectivity index (χ1v) is 17.8. The van der Waals surface area contributed by atoms with E-state index in [0.717, 1.165) is 61.6 Å². The lowest BCUT2D eigenvalue weighted by Crippen LogP contribution is -2.11. The minimum absolute atomic E-state index is 0.885. The van der Waals surface area contributed by atoms with Crippen molar-refractivity contribution in [3.8, 4) is 33.6 Å². The molecule has 0 fully saturated rings. The lowest BCUT2D eigenvalue weighted by atomic mass is 9.96. The summed E-state index contributed by atoms with van der Waals surface area (Å²) < 4.78 is 6.57. The fraction of sp³-hybridized carbons (Fsp3) is 0. The van der Waals surface area contributed by atoms with Crippen molar-refractivity contribution in [2.75, 3.05) is 4.90 Å². The Morgan fingerprint density at radius 2 is 0.923 bits per heavy atom. The molecule has 0 amide bonds. The number of furan rings is 1. The minimum Gasteiger partial charge on any atom is -0.455 e. The zero-order valence-electron chi connectivity index (χ0n) is 28.4. The van der Waals surface area contributed by atoms with E-state index in [9.17, 15) is 0 Å². The maximum Gasteiger partial charge on any atom is 0.143 e. The van der Waals surface area contributed by atoms with E-state index < -0.39 is 0 Å². The van der Waals surface area contributed by atoms with Crippen molar-refractivity contribution in [1.82, 2.24) is 0 Å². The summed E-state index contributed by atoms with van der Waals surface area (Å²) in [5.74, 6) is 0.885. The molecule has 9 aromatic carbocycles. The summed E-state index contributed by atoms with van der Waals surface area (Å²) in [7, 11) is 0. The molecular weight excluding hydrogens is 631 g/mol. The lowest BCUT2D eigenvalue weighted by molar-refractivity contribution is 0.632. The zero-order chi connectivity index (χ0) is 34.4. The molecule has 0 saturated carbocycles. The summed E-state index contributed by atoms with van der Waals surface area (Å²) in [6.45, 7) is 0. The highest BCUT2D eigenvalue weighted by molar-refractivity contribution is 6.15. The highest BCUT2D eigenvalue weighted by atomic mass is 16.3. The fourth-order valence-corrected chi connectivity index (χ4v) is 7.81. The molecule has 2 heteroatoms. The number of anilines is 3. The van der Waals surface area contributed by atoms with Crippen LogP contribution < -0.4 is 4.90 Å². The van der Waals surface area contributed by atoms with Gasteiger partial charge in [-0.1, -0.05) is 164 Å². The smallest absolute Gasteiger partial charge is 0.143 e. The Labute approximate surface area is 302 Å². The van der Waals surface area contributed by atoms with E-state index in [1.807, 2.05) is 12.1 Å². The van der Waals surface area contributed by atoms with Crippen LogP contribution in [0.5, 0.6) is 0 Å². The van der Waals surface area contributed by atoms with Gasteiger partial charge in [0.25, 0.3) is 0 Å². The second-order valence-corrected chi connectivity index (χ2v) is 13.3. The summed E-state index contributed by atoms with van der Waals surface area (Å²) >= 11 is 0. The molecule has 0 spiro atoms. The van der Waals surface area contributed by atoms with Gasteiger partial charge in [0.05, 0.1) is 11.4 Å². The van der Waals surface area contributed by atoms with Crippen LogP contribution in [-0.4, -0.2) is 0 Å². The van der Waals surface area contributed by atoms with E-state index in [-0.39, 0.29) is 0 Å². The van der Waals surface area contributed by atoms with Crippen LogP contribution in [-0.2, 0) is 0 Å². The molecule has 1 heterocycles. The molecule has 10 aromatic rings. The van der Waals surface area contributed by atoms with Crippen LogP contribution in [0.3, 0.4) is 0 Å². The Kier molecular flexibility index (Phi) is 7.18. The predicted octanol–water partition coefficient (Wildman–Crippen LogP) is 14.4. The molecule has 0 saturated heterocycles. The Bertz CT molecular complexity index is 2900. The standard InChI is InChI=1S/C50H33NO/c1-2-15-36(16-3-1)49-45-25-10-11-27-48(45)52-50(49)39-20-12-19-37(32-39)34-28-30-40(31-29-34)51(46-26-13-18-35-14-4-7-22-42(35)46)47-33-38-17-5-6-21-41(38)43-23-8-9-24-44(43)47/h1-33H. The third-order valence-corrected chi connectivity index (χ3v) is 10.2. The Morgan fingerprint density at radius 1 is 0.327 bits per heavy atom. The van der Waals surface area contributed by atoms with Gasteiger partial charge in [0.15, 0.2) is 0 Å². The van der Waals surface area contributed by atoms with Gasteiger partial charge in [-0.05, 0) is 74.6 Å². The molecule has 2 nitrogen and oxygen atoms in total. The van der Waals surface area contributed by atoms with Crippen molar-refractivity contribution in [1.29, 1.82) is 0 Å². The van der Waals surface area contributed by atoms with Crippen LogP contribution in [0.25, 0.3) is 76.9 Å². The predicted molar refractivity (Wildman–Crippen MR) is 220 cm³/mol. The number of benzene rings is 9. The lowest BCUT2D eigenvalue weighted by Gasteiger charge is -2.29. The van der Waals surface area contributed by atoms with E-state index in [1.165, 1.54) is 32.3 Å². The molecule has 0 aliphatic heterocycles. The van der Waals surface area contributed by atoms with Crippen molar-refractivity contribution in [2.24, 2.45) is 0 Å². The number of nitrogens with zero attached hydrogens (tertiary/aromatic N) is 1. The summed E-state index contributed by atoms with van der Waals surface area (Å²) in [4.78, 5) is 2.43. The van der Waals surface area contributed by atoms with Crippen LogP contribution >= 0.6 is 0 Å². The number of hydrogen-bond acceptors (Lipinski definition) is 2. The zero-order valence-corrected chi connectivity index (χ0v) is 28.4. The first-order chi connectivity index (χ1) is 25.8. The van der Waals surface area contributed by atoms with Gasteiger partial charge in [0.1, 0.15) is 11.3 Å². The van der Waals surface area contributed by atoms with Gasteiger partial charge in [-0.15, -0.1) is 0 Å². The highest BCUT2D eigenvalue weighted by Crippen LogP contribution is 2.45. The molecule has 244 valence electrons. The van der Waals surface area contributed by atoms with Gasteiger partial charge in [-0.25, -0.2) is 0 Å². The van der Waals surface area contributed by atoms with Crippen molar-refractivity contribution >= 4 is 60.3 Å². The van der Waals surface area contributed by atoms with Crippen molar-refractivity contribution in [3.05, 3.63) is 200 Å². The molecule has 0 atom stereocenters. The molecule has 1 aromatic heterocycles. The van der Waals surface area contributed by atoms with Crippen LogP contribution in [0.1, 0.15) is 0 Å². The molecule has 0 aliphatic rings. The molecule has 0 radical (unpaired) electrons. The maximum absolute atomic E-state index is 6.57. The summed E-state index contributed by atoms with van der Waals surface area (Å²) in [5, 5.41) is 8.47. The largest absolute Gasteiger partial charge is 0.455 e. The Morgan fingerprint density at radius 3 is 1.75 bits per heavy atom. The van der Waals surface area contributed by atoms with Crippen LogP contribution in [0.4, 0.5) is 17.1 Å². The average Bonchev–Trinajstić information content (AvgIpc) is 3.62. The average molecular weight is 664 g/mol. The van der Waals surface area contributed by atoms with E-state index in [1.54, 1.807) is 0 Å². The van der Waals surface area contributed by atoms with E-state index >= 15 is 0 Å². The van der Waals surface area contributed by atoms with Gasteiger partial charge < -0.3 is 9.32 Å². The molecular formula is C50H33NO. The first kappa shape index (κ1) is 30.0. The molecule has 0 unspecified atom stereocenters. The normalized spacial score (nSPS) is 11.5. The highest BCUT2D eigenvalue weighted by Gasteiger charge is 2.20. The number of para-hydroxylation sites is 1. The van der Waals surface area contributed by atoms with Gasteiger partial charge >= 0.3 is 0 Å². The second kappa shape index (κ2) is 12.5. The van der Waals surface area contributed by atoms with Crippen molar-refractivity contribution in [3.63, 3.8) is 0 Å². The number of fused-ring (bicyclic) bond motifs is 5. The Hall–Kier alpha value is -6.90. The number of rotatable bonds is 6. The van der Waals surface area contributed by atoms with Crippen LogP contribution in [0.2, 0.25) is 0 Å². The van der Waals surface area contributed by atoms with Crippen molar-refractivity contribution < 1.29 is 4.42 Å². The van der Waals surface area contributed by atoms with Crippen molar-refractivity contribution in [2.45, 2.75) is 0 Å². The Balaban J connectivity index is 1.12. The van der Waals surface area contributed by atoms with Crippen LogP contribution in [0.15, 0.2) is 205 Å². The molecule has 0 bridgehead atoms. The molecule has 0 N–H and O–H groups in total. The number of hydrogen-bond donors (Lipinski definition) is 0. The SMILES string of the molecule is c1ccc(-c2c(-c3cccc(-c4ccc(N(c5cccc6ccccc56)c5cc6ccccc6c6ccccc56)cc4)c3)oc3ccccc23)cc1. The topological polar surface area (TPSA) is 16.4 Å². The van der Waals surface area contributed by atoms with Gasteiger partial charge in [-0.3, -0.25) is 0 Å². The molecule has 52 heavy (non-hydrogen) atoms. The third kappa shape index (κ3) is 5.04. The van der Waals surface area contributed by atoms with Gasteiger partial charge in [-0.2, -0.15) is 0 Å². The summed E-state index contributed by atoms with van der Waals surface area (Å²) in [6, 6.07) is 71.6. The molecule has 10 rings (SSSR count). The van der Waals surface area contributed by atoms with Gasteiger partial charge in [0, 0.05) is 33.0 Å². The quantitative estimate of drug-likeness (QED) is 0.165. The van der Waals surface area contributed by atoms with Gasteiger partial charge in [0.2, 0.25) is 0 Å². The van der Waals surface area contributed by atoms with Crippen LogP contribution in [0, 0.1) is 0 Å². The summed E-state index contributed by atoms with van der Waals surface area (Å²) in [6.07, 6.45) is 0. The minimum atomic E-state index is 0.885. The maximum atomic E-state index is 6.57. The van der Waals surface area contributed by atoms with E-state index in [2.05, 4.69) is 193 Å². The fourth-order valence-electron chi connectivity index (χ4n) is 7.81. The monoisotopic (exact) mass is 663 g/mol. The summed E-state index contributed by atoms with van der Waals surface area (Å²) in [5.41, 5.74) is 9.88. The first-order valence-electron chi connectivity index (χ1n) is 17.8.